The van der Waals surface area contributed by atoms with Crippen molar-refractivity contribution in [3.63, 3.8) is 0 Å². The van der Waals surface area contributed by atoms with Crippen molar-refractivity contribution < 1.29 is 14.3 Å². The molecule has 0 unspecified atom stereocenters. The van der Waals surface area contributed by atoms with Crippen molar-refractivity contribution >= 4 is 17.2 Å². The van der Waals surface area contributed by atoms with E-state index in [9.17, 15) is 4.79 Å². The number of aryl methyl sites for hydroxylation is 1. The first-order valence-corrected chi connectivity index (χ1v) is 11.6. The quantitative estimate of drug-likeness (QED) is 0.347. The molecule has 1 N–H and O–H groups in total. The number of amides is 1. The summed E-state index contributed by atoms with van der Waals surface area (Å²) >= 11 is 1.60. The van der Waals surface area contributed by atoms with Gasteiger partial charge in [-0.3, -0.25) is 4.79 Å². The molecular formula is C27H26N2O3S. The van der Waals surface area contributed by atoms with Crippen LogP contribution < -0.4 is 14.8 Å². The fourth-order valence-electron chi connectivity index (χ4n) is 3.49. The number of benzene rings is 3. The molecule has 1 heterocycles. The lowest BCUT2D eigenvalue weighted by atomic mass is 10.1. The van der Waals surface area contributed by atoms with Crippen LogP contribution in [0.15, 0.2) is 78.2 Å². The van der Waals surface area contributed by atoms with Gasteiger partial charge < -0.3 is 14.8 Å². The van der Waals surface area contributed by atoms with E-state index in [0.717, 1.165) is 33.8 Å². The molecule has 4 aromatic rings. The maximum Gasteiger partial charge on any atom is 0.220 e. The molecule has 0 aliphatic heterocycles. The summed E-state index contributed by atoms with van der Waals surface area (Å²) in [6, 6.07) is 24.0. The van der Waals surface area contributed by atoms with Crippen LogP contribution in [0, 0.1) is 0 Å². The van der Waals surface area contributed by atoms with E-state index in [0.29, 0.717) is 24.5 Å². The maximum atomic E-state index is 12.2. The van der Waals surface area contributed by atoms with Gasteiger partial charge in [-0.05, 0) is 35.7 Å². The predicted molar refractivity (Wildman–Crippen MR) is 133 cm³/mol. The van der Waals surface area contributed by atoms with Crippen LogP contribution in [-0.4, -0.2) is 25.1 Å². The van der Waals surface area contributed by atoms with Crippen LogP contribution in [0.3, 0.4) is 0 Å². The lowest BCUT2D eigenvalue weighted by Crippen LogP contribution is -2.22. The van der Waals surface area contributed by atoms with Gasteiger partial charge in [0, 0.05) is 29.5 Å². The van der Waals surface area contributed by atoms with E-state index >= 15 is 0 Å². The number of nitrogens with zero attached hydrogens (tertiary/aromatic N) is 1. The third kappa shape index (κ3) is 5.79. The van der Waals surface area contributed by atoms with E-state index in [4.69, 9.17) is 14.5 Å². The highest BCUT2D eigenvalue weighted by Crippen LogP contribution is 2.34. The van der Waals surface area contributed by atoms with Crippen LogP contribution in [-0.2, 0) is 17.8 Å². The van der Waals surface area contributed by atoms with Crippen molar-refractivity contribution in [2.45, 2.75) is 19.4 Å². The Morgan fingerprint density at radius 2 is 1.61 bits per heavy atom. The second-order valence-corrected chi connectivity index (χ2v) is 8.43. The molecule has 33 heavy (non-hydrogen) atoms. The minimum atomic E-state index is 0.0578. The molecule has 0 atom stereocenters. The summed E-state index contributed by atoms with van der Waals surface area (Å²) in [6.07, 6.45) is 1.23. The molecule has 5 nitrogen and oxygen atoms in total. The Hall–Kier alpha value is -3.64. The van der Waals surface area contributed by atoms with Crippen molar-refractivity contribution in [2.24, 2.45) is 0 Å². The number of ether oxygens (including phenoxy) is 2. The molecule has 0 saturated carbocycles. The van der Waals surface area contributed by atoms with Gasteiger partial charge in [0.1, 0.15) is 5.01 Å². The molecule has 0 bridgehead atoms. The number of aromatic nitrogens is 1. The van der Waals surface area contributed by atoms with Gasteiger partial charge in [0.05, 0.1) is 19.9 Å². The van der Waals surface area contributed by atoms with Gasteiger partial charge in [-0.25, -0.2) is 4.98 Å². The SMILES string of the molecule is COc1ccc(-c2csc(-c3ccc(CNC(=O)CCc4ccccc4)cc3)n2)cc1OC. The molecule has 0 fully saturated rings. The number of carbonyl (C=O) groups excluding carboxylic acids is 1. The minimum Gasteiger partial charge on any atom is -0.493 e. The Balaban J connectivity index is 1.35. The van der Waals surface area contributed by atoms with Crippen LogP contribution in [0.2, 0.25) is 0 Å². The van der Waals surface area contributed by atoms with E-state index in [1.807, 2.05) is 78.2 Å². The van der Waals surface area contributed by atoms with Crippen molar-refractivity contribution in [3.05, 3.63) is 89.3 Å². The Kier molecular flexibility index (Phi) is 7.37. The van der Waals surface area contributed by atoms with Crippen LogP contribution in [0.25, 0.3) is 21.8 Å². The Bertz CT molecular complexity index is 1200. The Morgan fingerprint density at radius 3 is 2.33 bits per heavy atom. The topological polar surface area (TPSA) is 60.5 Å². The summed E-state index contributed by atoms with van der Waals surface area (Å²) in [4.78, 5) is 17.0. The van der Waals surface area contributed by atoms with Gasteiger partial charge in [-0.1, -0.05) is 54.6 Å². The van der Waals surface area contributed by atoms with Gasteiger partial charge in [-0.15, -0.1) is 11.3 Å². The smallest absolute Gasteiger partial charge is 0.220 e. The molecule has 0 aliphatic carbocycles. The monoisotopic (exact) mass is 458 g/mol. The Labute approximate surface area is 198 Å². The largest absolute Gasteiger partial charge is 0.493 e. The molecule has 0 spiro atoms. The van der Waals surface area contributed by atoms with Crippen molar-refractivity contribution in [2.75, 3.05) is 14.2 Å². The average Bonchev–Trinajstić information content (AvgIpc) is 3.37. The number of rotatable bonds is 9. The molecule has 4 rings (SSSR count). The zero-order valence-corrected chi connectivity index (χ0v) is 19.5. The summed E-state index contributed by atoms with van der Waals surface area (Å²) in [6.45, 7) is 0.517. The molecule has 0 saturated heterocycles. The molecule has 1 amide bonds. The second kappa shape index (κ2) is 10.8. The first kappa shape index (κ1) is 22.6. The molecular weight excluding hydrogens is 432 g/mol. The van der Waals surface area contributed by atoms with E-state index in [-0.39, 0.29) is 5.91 Å². The van der Waals surface area contributed by atoms with Crippen molar-refractivity contribution in [1.29, 1.82) is 0 Å². The molecule has 6 heteroatoms. The lowest BCUT2D eigenvalue weighted by Gasteiger charge is -2.08. The first-order valence-electron chi connectivity index (χ1n) is 10.7. The van der Waals surface area contributed by atoms with Crippen LogP contribution in [0.4, 0.5) is 0 Å². The minimum absolute atomic E-state index is 0.0578. The first-order chi connectivity index (χ1) is 16.2. The van der Waals surface area contributed by atoms with Gasteiger partial charge >= 0.3 is 0 Å². The standard InChI is InChI=1S/C27H26N2O3S/c1-31-24-14-13-22(16-25(24)32-2)23-18-33-27(29-23)21-11-8-20(9-12-21)17-28-26(30)15-10-19-6-4-3-5-7-19/h3-9,11-14,16,18H,10,15,17H2,1-2H3,(H,28,30). The summed E-state index contributed by atoms with van der Waals surface area (Å²) in [5, 5.41) is 5.98. The molecule has 1 aromatic heterocycles. The van der Waals surface area contributed by atoms with Crippen molar-refractivity contribution in [3.8, 4) is 33.3 Å². The van der Waals surface area contributed by atoms with Crippen molar-refractivity contribution in [1.82, 2.24) is 10.3 Å². The van der Waals surface area contributed by atoms with E-state index in [1.165, 1.54) is 5.56 Å². The normalized spacial score (nSPS) is 10.6. The molecule has 0 radical (unpaired) electrons. The van der Waals surface area contributed by atoms with Gasteiger partial charge in [0.2, 0.25) is 5.91 Å². The third-order valence-corrected chi connectivity index (χ3v) is 6.25. The van der Waals surface area contributed by atoms with E-state index in [1.54, 1.807) is 25.6 Å². The zero-order chi connectivity index (χ0) is 23.0. The predicted octanol–water partition coefficient (Wildman–Crippen LogP) is 5.74. The molecule has 3 aromatic carbocycles. The third-order valence-electron chi connectivity index (χ3n) is 5.36. The number of nitrogens with one attached hydrogen (secondary N) is 1. The number of hydrogen-bond donors (Lipinski definition) is 1. The van der Waals surface area contributed by atoms with Gasteiger partial charge in [-0.2, -0.15) is 0 Å². The average molecular weight is 459 g/mol. The fourth-order valence-corrected chi connectivity index (χ4v) is 4.33. The van der Waals surface area contributed by atoms with Crippen LogP contribution in [0.5, 0.6) is 11.5 Å². The number of methoxy groups -OCH3 is 2. The highest BCUT2D eigenvalue weighted by atomic mass is 32.1. The highest BCUT2D eigenvalue weighted by Gasteiger charge is 2.11. The highest BCUT2D eigenvalue weighted by molar-refractivity contribution is 7.13. The maximum absolute atomic E-state index is 12.2. The van der Waals surface area contributed by atoms with E-state index < -0.39 is 0 Å². The van der Waals surface area contributed by atoms with E-state index in [2.05, 4.69) is 5.32 Å². The fraction of sp³-hybridized carbons (Fsp3) is 0.185. The molecule has 0 aliphatic rings. The van der Waals surface area contributed by atoms with Gasteiger partial charge in [0.25, 0.3) is 0 Å². The number of hydrogen-bond acceptors (Lipinski definition) is 5. The van der Waals surface area contributed by atoms with Crippen LogP contribution in [0.1, 0.15) is 17.5 Å². The lowest BCUT2D eigenvalue weighted by molar-refractivity contribution is -0.121. The summed E-state index contributed by atoms with van der Waals surface area (Å²) in [5.41, 5.74) is 5.15. The van der Waals surface area contributed by atoms with Gasteiger partial charge in [0.15, 0.2) is 11.5 Å². The van der Waals surface area contributed by atoms with Crippen LogP contribution >= 0.6 is 11.3 Å². The summed E-state index contributed by atoms with van der Waals surface area (Å²) in [7, 11) is 3.25. The summed E-state index contributed by atoms with van der Waals surface area (Å²) in [5.74, 6) is 1.43. The Morgan fingerprint density at radius 1 is 0.879 bits per heavy atom. The summed E-state index contributed by atoms with van der Waals surface area (Å²) < 4.78 is 10.7. The number of thiazole rings is 1. The number of carbonyl (C=O) groups is 1. The second-order valence-electron chi connectivity index (χ2n) is 7.57. The zero-order valence-electron chi connectivity index (χ0n) is 18.7. The molecule has 168 valence electrons.